The van der Waals surface area contributed by atoms with E-state index >= 15 is 0 Å². The molecule has 1 aliphatic rings. The minimum absolute atomic E-state index is 0.0195. The van der Waals surface area contributed by atoms with Crippen LogP contribution in [0.1, 0.15) is 30.4 Å². The van der Waals surface area contributed by atoms with Gasteiger partial charge in [-0.3, -0.25) is 4.79 Å². The van der Waals surface area contributed by atoms with E-state index in [1.54, 1.807) is 6.92 Å². The standard InChI is InChI=1S/C13H17NO/c1-9-5-3-4-6-11(9)12-7-8-14-13(12)10(2)15/h3-6,12-14H,7-8H2,1-2H3/t12?,13-/m1/s1. The highest BCUT2D eigenvalue weighted by atomic mass is 16.1. The first-order chi connectivity index (χ1) is 7.20. The van der Waals surface area contributed by atoms with Crippen molar-refractivity contribution in [3.63, 3.8) is 0 Å². The lowest BCUT2D eigenvalue weighted by Gasteiger charge is -2.19. The summed E-state index contributed by atoms with van der Waals surface area (Å²) in [6, 6.07) is 8.38. The molecule has 1 N–H and O–H groups in total. The second kappa shape index (κ2) is 4.15. The van der Waals surface area contributed by atoms with Gasteiger partial charge >= 0.3 is 0 Å². The molecular formula is C13H17NO. The Balaban J connectivity index is 2.30. The van der Waals surface area contributed by atoms with Crippen LogP contribution in [0.3, 0.4) is 0 Å². The Hall–Kier alpha value is -1.15. The van der Waals surface area contributed by atoms with Crippen molar-refractivity contribution in [3.05, 3.63) is 35.4 Å². The molecule has 0 saturated carbocycles. The van der Waals surface area contributed by atoms with Gasteiger partial charge in [-0.15, -0.1) is 0 Å². The van der Waals surface area contributed by atoms with Crippen molar-refractivity contribution in [1.29, 1.82) is 0 Å². The average molecular weight is 203 g/mol. The number of hydrogen-bond acceptors (Lipinski definition) is 2. The number of carbonyl (C=O) groups excluding carboxylic acids is 1. The Morgan fingerprint density at radius 3 is 2.80 bits per heavy atom. The van der Waals surface area contributed by atoms with Crippen molar-refractivity contribution < 1.29 is 4.79 Å². The summed E-state index contributed by atoms with van der Waals surface area (Å²) in [4.78, 5) is 11.5. The first kappa shape index (κ1) is 10.4. The van der Waals surface area contributed by atoms with Gasteiger partial charge in [-0.05, 0) is 37.9 Å². The molecule has 1 aliphatic heterocycles. The van der Waals surface area contributed by atoms with Crippen LogP contribution in [0.2, 0.25) is 0 Å². The van der Waals surface area contributed by atoms with Crippen molar-refractivity contribution in [3.8, 4) is 0 Å². The van der Waals surface area contributed by atoms with Gasteiger partial charge in [-0.1, -0.05) is 24.3 Å². The third-order valence-electron chi connectivity index (χ3n) is 3.25. The molecule has 0 spiro atoms. The van der Waals surface area contributed by atoms with Crippen LogP contribution < -0.4 is 5.32 Å². The maximum absolute atomic E-state index is 11.5. The van der Waals surface area contributed by atoms with Crippen molar-refractivity contribution >= 4 is 5.78 Å². The largest absolute Gasteiger partial charge is 0.307 e. The molecule has 0 radical (unpaired) electrons. The van der Waals surface area contributed by atoms with E-state index in [4.69, 9.17) is 0 Å². The number of carbonyl (C=O) groups is 1. The molecule has 1 aromatic rings. The summed E-state index contributed by atoms with van der Waals surface area (Å²) in [5.74, 6) is 0.615. The molecule has 0 bridgehead atoms. The van der Waals surface area contributed by atoms with Crippen LogP contribution >= 0.6 is 0 Å². The van der Waals surface area contributed by atoms with Gasteiger partial charge in [0.1, 0.15) is 5.78 Å². The number of hydrogen-bond donors (Lipinski definition) is 1. The SMILES string of the molecule is CC(=O)[C@H]1NCCC1c1ccccc1C. The Morgan fingerprint density at radius 2 is 2.13 bits per heavy atom. The van der Waals surface area contributed by atoms with Gasteiger partial charge in [-0.25, -0.2) is 0 Å². The molecule has 2 atom stereocenters. The van der Waals surface area contributed by atoms with Crippen molar-refractivity contribution in [1.82, 2.24) is 5.32 Å². The summed E-state index contributed by atoms with van der Waals surface area (Å²) < 4.78 is 0. The van der Waals surface area contributed by atoms with E-state index in [0.717, 1.165) is 13.0 Å². The number of aryl methyl sites for hydroxylation is 1. The normalized spacial score (nSPS) is 25.5. The first-order valence-corrected chi connectivity index (χ1v) is 5.49. The van der Waals surface area contributed by atoms with Gasteiger partial charge in [0.2, 0.25) is 0 Å². The van der Waals surface area contributed by atoms with Crippen LogP contribution in [0, 0.1) is 6.92 Å². The fourth-order valence-electron chi connectivity index (χ4n) is 2.47. The lowest BCUT2D eigenvalue weighted by Crippen LogP contribution is -2.33. The van der Waals surface area contributed by atoms with E-state index in [-0.39, 0.29) is 11.8 Å². The van der Waals surface area contributed by atoms with E-state index < -0.39 is 0 Å². The molecule has 1 fully saturated rings. The molecule has 0 aliphatic carbocycles. The van der Waals surface area contributed by atoms with Crippen LogP contribution in [-0.4, -0.2) is 18.4 Å². The van der Waals surface area contributed by atoms with Crippen LogP contribution in [0.5, 0.6) is 0 Å². The van der Waals surface area contributed by atoms with Crippen LogP contribution in [0.25, 0.3) is 0 Å². The molecule has 2 heteroatoms. The second-order valence-corrected chi connectivity index (χ2v) is 4.29. The molecule has 0 aromatic heterocycles. The van der Waals surface area contributed by atoms with Crippen LogP contribution in [0.4, 0.5) is 0 Å². The number of benzene rings is 1. The molecule has 15 heavy (non-hydrogen) atoms. The molecule has 80 valence electrons. The highest BCUT2D eigenvalue weighted by Gasteiger charge is 2.31. The summed E-state index contributed by atoms with van der Waals surface area (Å²) >= 11 is 0. The molecule has 1 heterocycles. The summed E-state index contributed by atoms with van der Waals surface area (Å²) in [5.41, 5.74) is 2.61. The summed E-state index contributed by atoms with van der Waals surface area (Å²) in [7, 11) is 0. The number of nitrogens with one attached hydrogen (secondary N) is 1. The highest BCUT2D eigenvalue weighted by Crippen LogP contribution is 2.30. The summed E-state index contributed by atoms with van der Waals surface area (Å²) in [6.07, 6.45) is 1.06. The maximum atomic E-state index is 11.5. The van der Waals surface area contributed by atoms with E-state index in [1.165, 1.54) is 11.1 Å². The monoisotopic (exact) mass is 203 g/mol. The zero-order chi connectivity index (χ0) is 10.8. The Morgan fingerprint density at radius 1 is 1.40 bits per heavy atom. The lowest BCUT2D eigenvalue weighted by molar-refractivity contribution is -0.118. The van der Waals surface area contributed by atoms with Gasteiger partial charge in [0.05, 0.1) is 6.04 Å². The maximum Gasteiger partial charge on any atom is 0.147 e. The van der Waals surface area contributed by atoms with Crippen molar-refractivity contribution in [2.75, 3.05) is 6.54 Å². The molecule has 1 aromatic carbocycles. The number of ketones is 1. The molecule has 1 unspecified atom stereocenters. The van der Waals surface area contributed by atoms with Gasteiger partial charge in [0, 0.05) is 5.92 Å². The zero-order valence-electron chi connectivity index (χ0n) is 9.29. The van der Waals surface area contributed by atoms with Crippen LogP contribution in [-0.2, 0) is 4.79 Å². The lowest BCUT2D eigenvalue weighted by atomic mass is 9.87. The van der Waals surface area contributed by atoms with Crippen LogP contribution in [0.15, 0.2) is 24.3 Å². The minimum Gasteiger partial charge on any atom is -0.307 e. The predicted octanol–water partition coefficient (Wildman–Crippen LogP) is 2.03. The van der Waals surface area contributed by atoms with E-state index in [9.17, 15) is 4.79 Å². The zero-order valence-corrected chi connectivity index (χ0v) is 9.29. The molecule has 0 amide bonds. The predicted molar refractivity (Wildman–Crippen MR) is 61.0 cm³/mol. The Labute approximate surface area is 90.7 Å². The Bertz CT molecular complexity index is 373. The van der Waals surface area contributed by atoms with E-state index in [2.05, 4.69) is 30.4 Å². The van der Waals surface area contributed by atoms with Gasteiger partial charge in [-0.2, -0.15) is 0 Å². The smallest absolute Gasteiger partial charge is 0.147 e. The topological polar surface area (TPSA) is 29.1 Å². The van der Waals surface area contributed by atoms with E-state index in [1.807, 2.05) is 6.07 Å². The van der Waals surface area contributed by atoms with Gasteiger partial charge in [0.25, 0.3) is 0 Å². The fourth-order valence-corrected chi connectivity index (χ4v) is 2.47. The molecular weight excluding hydrogens is 186 g/mol. The summed E-state index contributed by atoms with van der Waals surface area (Å²) in [5, 5.41) is 3.28. The Kier molecular flexibility index (Phi) is 2.87. The van der Waals surface area contributed by atoms with Gasteiger partial charge in [0.15, 0.2) is 0 Å². The minimum atomic E-state index is 0.0195. The molecule has 1 saturated heterocycles. The first-order valence-electron chi connectivity index (χ1n) is 5.49. The van der Waals surface area contributed by atoms with Gasteiger partial charge < -0.3 is 5.32 Å². The average Bonchev–Trinajstić information content (AvgIpc) is 2.67. The fraction of sp³-hybridized carbons (Fsp3) is 0.462. The summed E-state index contributed by atoms with van der Waals surface area (Å²) in [6.45, 7) is 4.74. The third kappa shape index (κ3) is 1.95. The van der Waals surface area contributed by atoms with Crippen molar-refractivity contribution in [2.45, 2.75) is 32.2 Å². The third-order valence-corrected chi connectivity index (χ3v) is 3.25. The molecule has 2 nitrogen and oxygen atoms in total. The highest BCUT2D eigenvalue weighted by molar-refractivity contribution is 5.83. The number of Topliss-reactive ketones (excluding diaryl/α,β-unsaturated/α-hetero) is 1. The molecule has 2 rings (SSSR count). The van der Waals surface area contributed by atoms with Crippen molar-refractivity contribution in [2.24, 2.45) is 0 Å². The second-order valence-electron chi connectivity index (χ2n) is 4.29. The number of rotatable bonds is 2. The van der Waals surface area contributed by atoms with E-state index in [0.29, 0.717) is 5.92 Å². The quantitative estimate of drug-likeness (QED) is 0.796.